The van der Waals surface area contributed by atoms with Crippen molar-refractivity contribution < 1.29 is 9.53 Å². The summed E-state index contributed by atoms with van der Waals surface area (Å²) >= 11 is 0. The number of nitrogens with two attached hydrogens (primary N) is 1. The number of para-hydroxylation sites is 1. The summed E-state index contributed by atoms with van der Waals surface area (Å²) in [6.45, 7) is 4.84. The van der Waals surface area contributed by atoms with Crippen LogP contribution in [0.15, 0.2) is 42.7 Å². The van der Waals surface area contributed by atoms with E-state index >= 15 is 0 Å². The first-order valence-corrected chi connectivity index (χ1v) is 8.56. The predicted molar refractivity (Wildman–Crippen MR) is 95.4 cm³/mol. The number of benzene rings is 1. The Balaban J connectivity index is 1.73. The molecule has 2 aromatic rings. The van der Waals surface area contributed by atoms with E-state index in [4.69, 9.17) is 10.5 Å². The molecule has 1 fully saturated rings. The highest BCUT2D eigenvalue weighted by atomic mass is 16.5. The lowest BCUT2D eigenvalue weighted by atomic mass is 9.93. The number of carbonyl (C=O) groups excluding carboxylic acids is 1. The molecule has 2 N–H and O–H groups in total. The molecule has 1 aliphatic heterocycles. The molecule has 6 heteroatoms. The maximum Gasteiger partial charge on any atom is 0.242 e. The van der Waals surface area contributed by atoms with Gasteiger partial charge in [0, 0.05) is 25.2 Å². The number of amides is 1. The number of likely N-dealkylation sites (tertiary alicyclic amines) is 1. The smallest absolute Gasteiger partial charge is 0.242 e. The summed E-state index contributed by atoms with van der Waals surface area (Å²) in [6.07, 6.45) is 5.26. The molecular weight excluding hydrogens is 316 g/mol. The van der Waals surface area contributed by atoms with Crippen molar-refractivity contribution in [3.8, 4) is 11.6 Å². The molecule has 25 heavy (non-hydrogen) atoms. The van der Waals surface area contributed by atoms with E-state index in [0.717, 1.165) is 30.8 Å². The van der Waals surface area contributed by atoms with Crippen LogP contribution in [0.3, 0.4) is 0 Å². The monoisotopic (exact) mass is 340 g/mol. The Morgan fingerprint density at radius 1 is 1.28 bits per heavy atom. The zero-order chi connectivity index (χ0) is 17.9. The topological polar surface area (TPSA) is 81.3 Å². The summed E-state index contributed by atoms with van der Waals surface area (Å²) in [6, 6.07) is 9.50. The molecule has 0 aliphatic carbocycles. The van der Waals surface area contributed by atoms with Crippen LogP contribution in [-0.4, -0.2) is 39.4 Å². The molecule has 1 saturated heterocycles. The Morgan fingerprint density at radius 2 is 2.04 bits per heavy atom. The van der Waals surface area contributed by atoms with Gasteiger partial charge in [-0.15, -0.1) is 0 Å². The molecule has 3 rings (SSSR count). The Morgan fingerprint density at radius 3 is 2.76 bits per heavy atom. The number of piperidine rings is 1. The van der Waals surface area contributed by atoms with Crippen LogP contribution in [0.25, 0.3) is 0 Å². The van der Waals surface area contributed by atoms with Crippen molar-refractivity contribution in [3.63, 3.8) is 0 Å². The van der Waals surface area contributed by atoms with Crippen LogP contribution in [-0.2, 0) is 4.79 Å². The number of hydrogen-bond acceptors (Lipinski definition) is 5. The second-order valence-corrected chi connectivity index (χ2v) is 7.01. The summed E-state index contributed by atoms with van der Waals surface area (Å²) in [5.41, 5.74) is 5.96. The maximum absolute atomic E-state index is 12.4. The van der Waals surface area contributed by atoms with Crippen LogP contribution in [0.5, 0.6) is 11.6 Å². The standard InChI is InChI=1S/C19H24N4O2/c1-19(2,20)18(24)23-10-6-7-14(13-23)16-11-21-12-17(22-16)25-15-8-4-3-5-9-15/h3-5,8-9,11-12,14H,6-7,10,13,20H2,1-2H3/t14-/m1/s1. The molecule has 0 bridgehead atoms. The first-order valence-electron chi connectivity index (χ1n) is 8.56. The molecule has 1 aromatic heterocycles. The van der Waals surface area contributed by atoms with E-state index in [-0.39, 0.29) is 11.8 Å². The van der Waals surface area contributed by atoms with Gasteiger partial charge in [0.2, 0.25) is 11.8 Å². The Hall–Kier alpha value is -2.47. The fourth-order valence-corrected chi connectivity index (χ4v) is 3.03. The highest BCUT2D eigenvalue weighted by Gasteiger charge is 2.32. The van der Waals surface area contributed by atoms with Crippen molar-refractivity contribution in [1.82, 2.24) is 14.9 Å². The number of nitrogens with zero attached hydrogens (tertiary/aromatic N) is 3. The minimum absolute atomic E-state index is 0.0261. The van der Waals surface area contributed by atoms with E-state index in [0.29, 0.717) is 12.4 Å². The fraction of sp³-hybridized carbons (Fsp3) is 0.421. The maximum atomic E-state index is 12.4. The number of rotatable bonds is 4. The molecule has 0 unspecified atom stereocenters. The molecule has 6 nitrogen and oxygen atoms in total. The van der Waals surface area contributed by atoms with Gasteiger partial charge >= 0.3 is 0 Å². The average Bonchev–Trinajstić information content (AvgIpc) is 2.61. The van der Waals surface area contributed by atoms with E-state index in [2.05, 4.69) is 9.97 Å². The molecule has 0 spiro atoms. The number of hydrogen-bond donors (Lipinski definition) is 1. The van der Waals surface area contributed by atoms with Crippen molar-refractivity contribution in [1.29, 1.82) is 0 Å². The SMILES string of the molecule is CC(C)(N)C(=O)N1CCC[C@@H](c2cncc(Oc3ccccc3)n2)C1. The van der Waals surface area contributed by atoms with E-state index in [9.17, 15) is 4.79 Å². The summed E-state index contributed by atoms with van der Waals surface area (Å²) in [5.74, 6) is 1.30. The van der Waals surface area contributed by atoms with Crippen LogP contribution < -0.4 is 10.5 Å². The zero-order valence-electron chi connectivity index (χ0n) is 14.7. The third-order valence-corrected chi connectivity index (χ3v) is 4.27. The first-order chi connectivity index (χ1) is 11.9. The summed E-state index contributed by atoms with van der Waals surface area (Å²) in [4.78, 5) is 23.1. The molecule has 1 aliphatic rings. The Labute approximate surface area is 148 Å². The second-order valence-electron chi connectivity index (χ2n) is 7.01. The summed E-state index contributed by atoms with van der Waals surface area (Å²) in [5, 5.41) is 0. The molecule has 1 aromatic carbocycles. The van der Waals surface area contributed by atoms with Crippen molar-refractivity contribution >= 4 is 5.91 Å². The number of carbonyl (C=O) groups is 1. The molecular formula is C19H24N4O2. The lowest BCUT2D eigenvalue weighted by molar-refractivity contribution is -0.137. The Bertz CT molecular complexity index is 728. The lowest BCUT2D eigenvalue weighted by Crippen LogP contribution is -2.53. The third-order valence-electron chi connectivity index (χ3n) is 4.27. The summed E-state index contributed by atoms with van der Waals surface area (Å²) in [7, 11) is 0. The molecule has 0 saturated carbocycles. The summed E-state index contributed by atoms with van der Waals surface area (Å²) < 4.78 is 5.76. The Kier molecular flexibility index (Phi) is 4.99. The largest absolute Gasteiger partial charge is 0.437 e. The predicted octanol–water partition coefficient (Wildman–Crippen LogP) is 2.71. The van der Waals surface area contributed by atoms with Gasteiger partial charge in [0.1, 0.15) is 5.75 Å². The van der Waals surface area contributed by atoms with Gasteiger partial charge in [-0.2, -0.15) is 0 Å². The van der Waals surface area contributed by atoms with E-state index in [1.165, 1.54) is 0 Å². The number of ether oxygens (including phenoxy) is 1. The van der Waals surface area contributed by atoms with Crippen LogP contribution in [0.2, 0.25) is 0 Å². The van der Waals surface area contributed by atoms with Crippen molar-refractivity contribution in [2.75, 3.05) is 13.1 Å². The number of aromatic nitrogens is 2. The first kappa shape index (κ1) is 17.4. The van der Waals surface area contributed by atoms with Crippen LogP contribution >= 0.6 is 0 Å². The molecule has 0 radical (unpaired) electrons. The van der Waals surface area contributed by atoms with Gasteiger partial charge in [0.15, 0.2) is 0 Å². The van der Waals surface area contributed by atoms with Gasteiger partial charge in [0.25, 0.3) is 0 Å². The zero-order valence-corrected chi connectivity index (χ0v) is 14.7. The van der Waals surface area contributed by atoms with E-state index in [1.807, 2.05) is 35.2 Å². The van der Waals surface area contributed by atoms with Crippen molar-refractivity contribution in [2.24, 2.45) is 5.73 Å². The highest BCUT2D eigenvalue weighted by Crippen LogP contribution is 2.28. The van der Waals surface area contributed by atoms with Gasteiger partial charge in [-0.3, -0.25) is 9.78 Å². The van der Waals surface area contributed by atoms with Crippen LogP contribution in [0.1, 0.15) is 38.3 Å². The van der Waals surface area contributed by atoms with Gasteiger partial charge in [0.05, 0.1) is 17.4 Å². The van der Waals surface area contributed by atoms with E-state index < -0.39 is 5.54 Å². The van der Waals surface area contributed by atoms with E-state index in [1.54, 1.807) is 26.2 Å². The van der Waals surface area contributed by atoms with Crippen molar-refractivity contribution in [2.45, 2.75) is 38.1 Å². The van der Waals surface area contributed by atoms with Crippen LogP contribution in [0.4, 0.5) is 0 Å². The van der Waals surface area contributed by atoms with Crippen LogP contribution in [0, 0.1) is 0 Å². The minimum atomic E-state index is -0.855. The van der Waals surface area contributed by atoms with Gasteiger partial charge < -0.3 is 15.4 Å². The quantitative estimate of drug-likeness (QED) is 0.925. The van der Waals surface area contributed by atoms with Crippen molar-refractivity contribution in [3.05, 3.63) is 48.4 Å². The average molecular weight is 340 g/mol. The lowest BCUT2D eigenvalue weighted by Gasteiger charge is -2.36. The minimum Gasteiger partial charge on any atom is -0.437 e. The highest BCUT2D eigenvalue weighted by molar-refractivity contribution is 5.85. The second kappa shape index (κ2) is 7.19. The molecule has 1 atom stereocenters. The van der Waals surface area contributed by atoms with Gasteiger partial charge in [-0.25, -0.2) is 4.98 Å². The van der Waals surface area contributed by atoms with Gasteiger partial charge in [-0.1, -0.05) is 18.2 Å². The molecule has 2 heterocycles. The molecule has 132 valence electrons. The normalized spacial score (nSPS) is 18.0. The third kappa shape index (κ3) is 4.33. The fourth-order valence-electron chi connectivity index (χ4n) is 3.03. The molecule has 1 amide bonds. The van der Waals surface area contributed by atoms with Gasteiger partial charge in [-0.05, 0) is 38.8 Å².